The molecule has 3 rings (SSSR count). The number of ether oxygens (including phenoxy) is 3. The SMILES string of the molecule is CCOc1cc(C(=O)NNC(=O)c2csc(N3CCOCC3)n2)c([N+](=O)[O-])cc1OC. The summed E-state index contributed by atoms with van der Waals surface area (Å²) in [6, 6.07) is 2.29. The monoisotopic (exact) mass is 451 g/mol. The van der Waals surface area contributed by atoms with Crippen molar-refractivity contribution in [3.05, 3.63) is 38.9 Å². The van der Waals surface area contributed by atoms with Crippen molar-refractivity contribution in [3.63, 3.8) is 0 Å². The molecule has 2 heterocycles. The molecule has 12 nitrogen and oxygen atoms in total. The van der Waals surface area contributed by atoms with Crippen molar-refractivity contribution in [2.24, 2.45) is 0 Å². The number of aromatic nitrogens is 1. The van der Waals surface area contributed by atoms with E-state index in [0.29, 0.717) is 31.4 Å². The Bertz CT molecular complexity index is 974. The second-order valence-corrected chi connectivity index (χ2v) is 7.07. The molecule has 0 spiro atoms. The Kier molecular flexibility index (Phi) is 7.20. The van der Waals surface area contributed by atoms with Gasteiger partial charge in [0.05, 0.1) is 37.9 Å². The summed E-state index contributed by atoms with van der Waals surface area (Å²) in [5, 5.41) is 13.6. The normalized spacial score (nSPS) is 13.4. The van der Waals surface area contributed by atoms with Gasteiger partial charge in [0.15, 0.2) is 16.6 Å². The molecule has 0 saturated carbocycles. The number of nitro groups is 1. The summed E-state index contributed by atoms with van der Waals surface area (Å²) in [7, 11) is 1.33. The molecule has 1 aromatic carbocycles. The predicted octanol–water partition coefficient (Wildman–Crippen LogP) is 1.37. The molecular formula is C18H21N5O7S. The van der Waals surface area contributed by atoms with Crippen molar-refractivity contribution in [2.75, 3.05) is 44.9 Å². The third kappa shape index (κ3) is 5.19. The second kappa shape index (κ2) is 10.0. The number of benzene rings is 1. The molecule has 13 heteroatoms. The fraction of sp³-hybridized carbons (Fsp3) is 0.389. The number of hydrazine groups is 1. The van der Waals surface area contributed by atoms with Crippen molar-refractivity contribution < 1.29 is 28.7 Å². The van der Waals surface area contributed by atoms with Gasteiger partial charge in [-0.05, 0) is 6.92 Å². The molecule has 0 unspecified atom stereocenters. The Morgan fingerprint density at radius 3 is 2.61 bits per heavy atom. The van der Waals surface area contributed by atoms with Gasteiger partial charge in [-0.3, -0.25) is 30.6 Å². The highest BCUT2D eigenvalue weighted by atomic mass is 32.1. The van der Waals surface area contributed by atoms with Gasteiger partial charge in [0.2, 0.25) is 0 Å². The van der Waals surface area contributed by atoms with Gasteiger partial charge in [-0.15, -0.1) is 11.3 Å². The molecule has 166 valence electrons. The number of amides is 2. The lowest BCUT2D eigenvalue weighted by molar-refractivity contribution is -0.385. The number of nitro benzene ring substituents is 1. The molecule has 2 amide bonds. The van der Waals surface area contributed by atoms with Crippen LogP contribution in [0.5, 0.6) is 11.5 Å². The third-order valence-corrected chi connectivity index (χ3v) is 5.22. The molecule has 1 aromatic heterocycles. The zero-order valence-electron chi connectivity index (χ0n) is 16.9. The van der Waals surface area contributed by atoms with E-state index in [4.69, 9.17) is 14.2 Å². The van der Waals surface area contributed by atoms with Gasteiger partial charge < -0.3 is 19.1 Å². The Morgan fingerprint density at radius 2 is 1.97 bits per heavy atom. The van der Waals surface area contributed by atoms with E-state index in [9.17, 15) is 19.7 Å². The number of thiazole rings is 1. The van der Waals surface area contributed by atoms with E-state index in [1.54, 1.807) is 12.3 Å². The van der Waals surface area contributed by atoms with Crippen molar-refractivity contribution in [3.8, 4) is 11.5 Å². The first-order valence-electron chi connectivity index (χ1n) is 9.32. The average molecular weight is 451 g/mol. The third-order valence-electron chi connectivity index (χ3n) is 4.32. The molecule has 2 N–H and O–H groups in total. The van der Waals surface area contributed by atoms with Crippen LogP contribution in [0, 0.1) is 10.1 Å². The van der Waals surface area contributed by atoms with Crippen LogP contribution in [-0.4, -0.2) is 61.7 Å². The van der Waals surface area contributed by atoms with Gasteiger partial charge in [0, 0.05) is 24.5 Å². The van der Waals surface area contributed by atoms with E-state index in [1.165, 1.54) is 24.5 Å². The Balaban J connectivity index is 1.71. The highest BCUT2D eigenvalue weighted by Gasteiger charge is 2.25. The first-order valence-corrected chi connectivity index (χ1v) is 10.2. The summed E-state index contributed by atoms with van der Waals surface area (Å²) in [5.41, 5.74) is 3.74. The minimum atomic E-state index is -0.882. The highest BCUT2D eigenvalue weighted by Crippen LogP contribution is 2.34. The minimum Gasteiger partial charge on any atom is -0.493 e. The molecule has 31 heavy (non-hydrogen) atoms. The van der Waals surface area contributed by atoms with Gasteiger partial charge in [0.1, 0.15) is 11.3 Å². The molecule has 0 radical (unpaired) electrons. The summed E-state index contributed by atoms with van der Waals surface area (Å²) in [4.78, 5) is 41.9. The lowest BCUT2D eigenvalue weighted by atomic mass is 10.1. The van der Waals surface area contributed by atoms with Crippen LogP contribution in [0.4, 0.5) is 10.8 Å². The first-order chi connectivity index (χ1) is 14.9. The maximum Gasteiger partial charge on any atom is 0.289 e. The first kappa shape index (κ1) is 22.2. The van der Waals surface area contributed by atoms with Crippen molar-refractivity contribution in [2.45, 2.75) is 6.92 Å². The maximum absolute atomic E-state index is 12.5. The van der Waals surface area contributed by atoms with Gasteiger partial charge in [-0.2, -0.15) is 0 Å². The fourth-order valence-corrected chi connectivity index (χ4v) is 3.68. The molecule has 1 aliphatic heterocycles. The van der Waals surface area contributed by atoms with Gasteiger partial charge in [-0.25, -0.2) is 4.98 Å². The second-order valence-electron chi connectivity index (χ2n) is 6.23. The lowest BCUT2D eigenvalue weighted by Crippen LogP contribution is -2.42. The topological polar surface area (TPSA) is 145 Å². The molecular weight excluding hydrogens is 430 g/mol. The number of hydrogen-bond acceptors (Lipinski definition) is 10. The number of morpholine rings is 1. The van der Waals surface area contributed by atoms with E-state index in [1.807, 2.05) is 4.90 Å². The molecule has 1 fully saturated rings. The molecule has 0 atom stereocenters. The van der Waals surface area contributed by atoms with Crippen molar-refractivity contribution in [1.29, 1.82) is 0 Å². The number of carbonyl (C=O) groups excluding carboxylic acids is 2. The maximum atomic E-state index is 12.5. The van der Waals surface area contributed by atoms with E-state index in [-0.39, 0.29) is 29.4 Å². The lowest BCUT2D eigenvalue weighted by Gasteiger charge is -2.25. The van der Waals surface area contributed by atoms with Crippen LogP contribution in [0.15, 0.2) is 17.5 Å². The van der Waals surface area contributed by atoms with Gasteiger partial charge in [0.25, 0.3) is 17.5 Å². The Morgan fingerprint density at radius 1 is 1.26 bits per heavy atom. The smallest absolute Gasteiger partial charge is 0.289 e. The van der Waals surface area contributed by atoms with Crippen LogP contribution in [0.1, 0.15) is 27.8 Å². The van der Waals surface area contributed by atoms with Gasteiger partial charge >= 0.3 is 0 Å². The summed E-state index contributed by atoms with van der Waals surface area (Å²) < 4.78 is 15.7. The van der Waals surface area contributed by atoms with Crippen LogP contribution < -0.4 is 25.2 Å². The van der Waals surface area contributed by atoms with Crippen molar-refractivity contribution in [1.82, 2.24) is 15.8 Å². The Hall–Kier alpha value is -3.45. The van der Waals surface area contributed by atoms with Crippen LogP contribution >= 0.6 is 11.3 Å². The molecule has 0 bridgehead atoms. The molecule has 2 aromatic rings. The van der Waals surface area contributed by atoms with Crippen LogP contribution in [0.3, 0.4) is 0 Å². The summed E-state index contributed by atoms with van der Waals surface area (Å²) in [6.07, 6.45) is 0. The number of anilines is 1. The standard InChI is InChI=1S/C18H21N5O7S/c1-3-30-15-8-11(13(23(26)27)9-14(15)28-2)16(24)20-21-17(25)12-10-31-18(19-12)22-4-6-29-7-5-22/h8-10H,3-7H2,1-2H3,(H,20,24)(H,21,25). The summed E-state index contributed by atoms with van der Waals surface area (Å²) >= 11 is 1.30. The van der Waals surface area contributed by atoms with Crippen LogP contribution in [0.25, 0.3) is 0 Å². The van der Waals surface area contributed by atoms with Crippen LogP contribution in [-0.2, 0) is 4.74 Å². The number of nitrogens with zero attached hydrogens (tertiary/aromatic N) is 3. The number of hydrogen-bond donors (Lipinski definition) is 2. The van der Waals surface area contributed by atoms with E-state index >= 15 is 0 Å². The minimum absolute atomic E-state index is 0.117. The van der Waals surface area contributed by atoms with Gasteiger partial charge in [-0.1, -0.05) is 0 Å². The molecule has 1 aliphatic rings. The quantitative estimate of drug-likeness (QED) is 0.471. The number of nitrogens with one attached hydrogen (secondary N) is 2. The van der Waals surface area contributed by atoms with E-state index < -0.39 is 22.4 Å². The van der Waals surface area contributed by atoms with Crippen molar-refractivity contribution >= 4 is 34.0 Å². The number of rotatable bonds is 7. The zero-order chi connectivity index (χ0) is 22.4. The summed E-state index contributed by atoms with van der Waals surface area (Å²) in [6.45, 7) is 4.51. The highest BCUT2D eigenvalue weighted by molar-refractivity contribution is 7.13. The largest absolute Gasteiger partial charge is 0.493 e. The van der Waals surface area contributed by atoms with E-state index in [0.717, 1.165) is 6.07 Å². The Labute approximate surface area is 181 Å². The number of carbonyl (C=O) groups is 2. The van der Waals surface area contributed by atoms with Crippen LogP contribution in [0.2, 0.25) is 0 Å². The number of methoxy groups -OCH3 is 1. The fourth-order valence-electron chi connectivity index (χ4n) is 2.82. The molecule has 1 saturated heterocycles. The average Bonchev–Trinajstić information content (AvgIpc) is 3.28. The molecule has 0 aliphatic carbocycles. The summed E-state index contributed by atoms with van der Waals surface area (Å²) in [5.74, 6) is -1.24. The van der Waals surface area contributed by atoms with E-state index in [2.05, 4.69) is 15.8 Å². The zero-order valence-corrected chi connectivity index (χ0v) is 17.7. The predicted molar refractivity (Wildman–Crippen MR) is 111 cm³/mol.